The number of oxazole rings is 1. The monoisotopic (exact) mass is 208 g/mol. The molecule has 0 saturated heterocycles. The van der Waals surface area contributed by atoms with Gasteiger partial charge in [-0.05, 0) is 18.5 Å². The first-order chi connectivity index (χ1) is 6.90. The zero-order valence-corrected chi connectivity index (χ0v) is 8.80. The number of nitrogens with one attached hydrogen (secondary N) is 1. The smallest absolute Gasteiger partial charge is 0.196 e. The Kier molecular flexibility index (Phi) is 2.96. The van der Waals surface area contributed by atoms with E-state index in [1.165, 1.54) is 0 Å². The van der Waals surface area contributed by atoms with Gasteiger partial charge in [0.25, 0.3) is 0 Å². The first-order valence-corrected chi connectivity index (χ1v) is 5.46. The Bertz CT molecular complexity index is 380. The van der Waals surface area contributed by atoms with Gasteiger partial charge in [0.15, 0.2) is 11.7 Å². The molecule has 0 unspecified atom stereocenters. The normalized spacial score (nSPS) is 10.6. The Morgan fingerprint density at radius 3 is 3.21 bits per heavy atom. The molecular weight excluding hydrogens is 196 g/mol. The maximum Gasteiger partial charge on any atom is 0.196 e. The van der Waals surface area contributed by atoms with Crippen LogP contribution < -0.4 is 5.32 Å². The molecule has 2 heterocycles. The lowest BCUT2D eigenvalue weighted by molar-refractivity contribution is 0.501. The Hall–Kier alpha value is -1.13. The lowest BCUT2D eigenvalue weighted by Crippen LogP contribution is -2.10. The highest BCUT2D eigenvalue weighted by Crippen LogP contribution is 2.22. The lowest BCUT2D eigenvalue weighted by atomic mass is 10.3. The van der Waals surface area contributed by atoms with Crippen molar-refractivity contribution in [2.75, 3.05) is 13.6 Å². The molecule has 0 fully saturated rings. The summed E-state index contributed by atoms with van der Waals surface area (Å²) in [4.78, 5) is 4.21. The SMILES string of the molecule is CNCCc1ncc(-c2ccsc2)o1. The summed E-state index contributed by atoms with van der Waals surface area (Å²) in [6.07, 6.45) is 2.62. The number of hydrogen-bond donors (Lipinski definition) is 1. The van der Waals surface area contributed by atoms with Crippen LogP contribution in [0.2, 0.25) is 0 Å². The molecule has 0 aliphatic carbocycles. The first-order valence-electron chi connectivity index (χ1n) is 4.52. The minimum absolute atomic E-state index is 0.792. The largest absolute Gasteiger partial charge is 0.441 e. The van der Waals surface area contributed by atoms with Gasteiger partial charge in [0.1, 0.15) is 0 Å². The van der Waals surface area contributed by atoms with Gasteiger partial charge in [0.05, 0.1) is 6.20 Å². The molecule has 0 spiro atoms. The molecule has 4 heteroatoms. The van der Waals surface area contributed by atoms with Gasteiger partial charge >= 0.3 is 0 Å². The van der Waals surface area contributed by atoms with Crippen molar-refractivity contribution >= 4 is 11.3 Å². The zero-order valence-electron chi connectivity index (χ0n) is 7.99. The number of aromatic nitrogens is 1. The molecule has 0 aliphatic rings. The predicted molar refractivity (Wildman–Crippen MR) is 57.4 cm³/mol. The Balaban J connectivity index is 2.10. The molecular formula is C10H12N2OS. The molecule has 0 amide bonds. The van der Waals surface area contributed by atoms with E-state index in [-0.39, 0.29) is 0 Å². The van der Waals surface area contributed by atoms with E-state index in [0.29, 0.717) is 0 Å². The fourth-order valence-electron chi connectivity index (χ4n) is 1.20. The van der Waals surface area contributed by atoms with E-state index in [1.54, 1.807) is 17.5 Å². The average molecular weight is 208 g/mol. The highest BCUT2D eigenvalue weighted by molar-refractivity contribution is 7.08. The molecule has 74 valence electrons. The van der Waals surface area contributed by atoms with E-state index in [9.17, 15) is 0 Å². The summed E-state index contributed by atoms with van der Waals surface area (Å²) in [5, 5.41) is 7.15. The zero-order chi connectivity index (χ0) is 9.80. The molecule has 1 N–H and O–H groups in total. The van der Waals surface area contributed by atoms with Gasteiger partial charge in [-0.2, -0.15) is 11.3 Å². The molecule has 0 radical (unpaired) electrons. The topological polar surface area (TPSA) is 38.1 Å². The van der Waals surface area contributed by atoms with Gasteiger partial charge in [-0.1, -0.05) is 0 Å². The van der Waals surface area contributed by atoms with Crippen molar-refractivity contribution < 1.29 is 4.42 Å². The minimum Gasteiger partial charge on any atom is -0.441 e. The van der Waals surface area contributed by atoms with E-state index < -0.39 is 0 Å². The average Bonchev–Trinajstić information content (AvgIpc) is 2.85. The van der Waals surface area contributed by atoms with E-state index in [2.05, 4.69) is 15.7 Å². The number of likely N-dealkylation sites (N-methyl/N-ethyl adjacent to an activating group) is 1. The molecule has 14 heavy (non-hydrogen) atoms. The molecule has 0 bridgehead atoms. The third-order valence-electron chi connectivity index (χ3n) is 1.95. The second-order valence-electron chi connectivity index (χ2n) is 2.98. The number of thiophene rings is 1. The summed E-state index contributed by atoms with van der Waals surface area (Å²) < 4.78 is 5.59. The third-order valence-corrected chi connectivity index (χ3v) is 2.63. The summed E-state index contributed by atoms with van der Waals surface area (Å²) in [5.74, 6) is 1.65. The molecule has 0 aromatic carbocycles. The quantitative estimate of drug-likeness (QED) is 0.836. The molecule has 0 aliphatic heterocycles. The second kappa shape index (κ2) is 4.39. The van der Waals surface area contributed by atoms with Crippen LogP contribution in [0, 0.1) is 0 Å². The Morgan fingerprint density at radius 1 is 1.57 bits per heavy atom. The predicted octanol–water partition coefficient (Wildman–Crippen LogP) is 2.17. The summed E-state index contributed by atoms with van der Waals surface area (Å²) in [5.41, 5.74) is 1.11. The van der Waals surface area contributed by atoms with Gasteiger partial charge in [0.2, 0.25) is 0 Å². The van der Waals surface area contributed by atoms with Gasteiger partial charge in [-0.3, -0.25) is 0 Å². The lowest BCUT2D eigenvalue weighted by Gasteiger charge is -1.93. The maximum atomic E-state index is 5.59. The fourth-order valence-corrected chi connectivity index (χ4v) is 1.84. The number of rotatable bonds is 4. The van der Waals surface area contributed by atoms with Gasteiger partial charge < -0.3 is 9.73 Å². The first kappa shape index (κ1) is 9.43. The highest BCUT2D eigenvalue weighted by Gasteiger charge is 2.05. The van der Waals surface area contributed by atoms with Crippen LogP contribution in [0.3, 0.4) is 0 Å². The van der Waals surface area contributed by atoms with E-state index in [0.717, 1.165) is 30.2 Å². The molecule has 0 saturated carbocycles. The van der Waals surface area contributed by atoms with Crippen LogP contribution in [0.1, 0.15) is 5.89 Å². The molecule has 2 rings (SSSR count). The van der Waals surface area contributed by atoms with Gasteiger partial charge in [0, 0.05) is 23.9 Å². The van der Waals surface area contributed by atoms with Crippen LogP contribution in [0.5, 0.6) is 0 Å². The van der Waals surface area contributed by atoms with E-state index in [4.69, 9.17) is 4.42 Å². The van der Waals surface area contributed by atoms with Crippen LogP contribution in [0.4, 0.5) is 0 Å². The highest BCUT2D eigenvalue weighted by atomic mass is 32.1. The van der Waals surface area contributed by atoms with Crippen molar-refractivity contribution in [2.45, 2.75) is 6.42 Å². The summed E-state index contributed by atoms with van der Waals surface area (Å²) >= 11 is 1.66. The number of hydrogen-bond acceptors (Lipinski definition) is 4. The van der Waals surface area contributed by atoms with E-state index in [1.807, 2.05) is 18.5 Å². The van der Waals surface area contributed by atoms with Crippen molar-refractivity contribution in [3.63, 3.8) is 0 Å². The molecule has 2 aromatic rings. The molecule has 3 nitrogen and oxygen atoms in total. The van der Waals surface area contributed by atoms with Crippen molar-refractivity contribution in [2.24, 2.45) is 0 Å². The van der Waals surface area contributed by atoms with Crippen LogP contribution in [-0.2, 0) is 6.42 Å². The van der Waals surface area contributed by atoms with Crippen molar-refractivity contribution in [3.8, 4) is 11.3 Å². The van der Waals surface area contributed by atoms with Crippen LogP contribution in [-0.4, -0.2) is 18.6 Å². The second-order valence-corrected chi connectivity index (χ2v) is 3.76. The van der Waals surface area contributed by atoms with Crippen LogP contribution >= 0.6 is 11.3 Å². The Labute approximate surface area is 86.8 Å². The van der Waals surface area contributed by atoms with Crippen molar-refractivity contribution in [3.05, 3.63) is 28.9 Å². The third kappa shape index (κ3) is 2.02. The van der Waals surface area contributed by atoms with Crippen LogP contribution in [0.25, 0.3) is 11.3 Å². The van der Waals surface area contributed by atoms with Gasteiger partial charge in [-0.15, -0.1) is 0 Å². The molecule has 2 aromatic heterocycles. The van der Waals surface area contributed by atoms with Crippen LogP contribution in [0.15, 0.2) is 27.4 Å². The fraction of sp³-hybridized carbons (Fsp3) is 0.300. The van der Waals surface area contributed by atoms with Gasteiger partial charge in [-0.25, -0.2) is 4.98 Å². The maximum absolute atomic E-state index is 5.59. The minimum atomic E-state index is 0.792. The number of nitrogens with zero attached hydrogens (tertiary/aromatic N) is 1. The van der Waals surface area contributed by atoms with Crippen molar-refractivity contribution in [1.29, 1.82) is 0 Å². The summed E-state index contributed by atoms with van der Waals surface area (Å²) in [7, 11) is 1.92. The summed E-state index contributed by atoms with van der Waals surface area (Å²) in [6.45, 7) is 0.892. The van der Waals surface area contributed by atoms with Crippen molar-refractivity contribution in [1.82, 2.24) is 10.3 Å². The summed E-state index contributed by atoms with van der Waals surface area (Å²) in [6, 6.07) is 2.03. The molecule has 0 atom stereocenters. The Morgan fingerprint density at radius 2 is 2.50 bits per heavy atom. The van der Waals surface area contributed by atoms with E-state index >= 15 is 0 Å². The standard InChI is InChI=1S/C10H12N2OS/c1-11-4-2-10-12-6-9(13-10)8-3-5-14-7-8/h3,5-7,11H,2,4H2,1H3.